The molecule has 0 radical (unpaired) electrons. The first kappa shape index (κ1) is 17.4. The average molecular weight is 447 g/mol. The Balaban J connectivity index is 1.57. The van der Waals surface area contributed by atoms with Gasteiger partial charge in [0.05, 0.1) is 17.6 Å². The van der Waals surface area contributed by atoms with Crippen molar-refractivity contribution in [3.8, 4) is 0 Å². The van der Waals surface area contributed by atoms with Crippen LogP contribution in [0.1, 0.15) is 18.0 Å². The van der Waals surface area contributed by atoms with E-state index >= 15 is 0 Å². The smallest absolute Gasteiger partial charge is 0.253 e. The van der Waals surface area contributed by atoms with Crippen LogP contribution in [0.5, 0.6) is 0 Å². The minimum Gasteiger partial charge on any atom is -0.274 e. The lowest BCUT2D eigenvalue weighted by Gasteiger charge is -2.29. The van der Waals surface area contributed by atoms with Gasteiger partial charge in [-0.05, 0) is 48.4 Å². The van der Waals surface area contributed by atoms with E-state index in [4.69, 9.17) is 11.6 Å². The fourth-order valence-electron chi connectivity index (χ4n) is 4.62. The normalized spacial score (nSPS) is 28.1. The number of nitrogens with zero attached hydrogens (tertiary/aromatic N) is 3. The van der Waals surface area contributed by atoms with Gasteiger partial charge >= 0.3 is 0 Å². The summed E-state index contributed by atoms with van der Waals surface area (Å²) in [7, 11) is 0. The number of carbonyl (C=O) groups excluding carboxylic acids is 2. The van der Waals surface area contributed by atoms with Crippen molar-refractivity contribution in [2.75, 3.05) is 18.0 Å². The van der Waals surface area contributed by atoms with Gasteiger partial charge in [0.25, 0.3) is 5.91 Å². The summed E-state index contributed by atoms with van der Waals surface area (Å²) in [6.07, 6.45) is 0.993. The number of anilines is 1. The van der Waals surface area contributed by atoms with Crippen molar-refractivity contribution in [1.29, 1.82) is 0 Å². The Morgan fingerprint density at radius 3 is 2.15 bits per heavy atom. The van der Waals surface area contributed by atoms with E-state index in [0.717, 1.165) is 29.5 Å². The Kier molecular flexibility index (Phi) is 4.13. The van der Waals surface area contributed by atoms with E-state index in [-0.39, 0.29) is 17.9 Å². The molecule has 5 rings (SSSR count). The zero-order valence-corrected chi connectivity index (χ0v) is 16.7. The number of hydrogen-bond acceptors (Lipinski definition) is 4. The second kappa shape index (κ2) is 6.41. The Morgan fingerprint density at radius 1 is 0.852 bits per heavy atom. The van der Waals surface area contributed by atoms with Crippen molar-refractivity contribution in [2.45, 2.75) is 18.5 Å². The lowest BCUT2D eigenvalue weighted by atomic mass is 9.90. The summed E-state index contributed by atoms with van der Waals surface area (Å²) in [6, 6.07) is 14.4. The number of rotatable bonds is 2. The maximum Gasteiger partial charge on any atom is 0.253 e. The highest BCUT2D eigenvalue weighted by Gasteiger charge is 2.62. The third kappa shape index (κ3) is 2.58. The molecule has 2 amide bonds. The molecule has 2 aromatic rings. The predicted octanol–water partition coefficient (Wildman–Crippen LogP) is 3.64. The third-order valence-corrected chi connectivity index (χ3v) is 6.48. The van der Waals surface area contributed by atoms with Crippen molar-refractivity contribution >= 4 is 45.0 Å². The molecule has 0 aromatic heterocycles. The summed E-state index contributed by atoms with van der Waals surface area (Å²) in [4.78, 5) is 28.0. The number of hydrogen-bond donors (Lipinski definition) is 0. The van der Waals surface area contributed by atoms with Crippen molar-refractivity contribution < 1.29 is 9.59 Å². The van der Waals surface area contributed by atoms with Gasteiger partial charge in [-0.3, -0.25) is 9.59 Å². The first-order valence-electron chi connectivity index (χ1n) is 8.98. The standard InChI is InChI=1S/C20H17BrClN3O2/c21-13-4-8-15(9-5-13)25-19(26)16-17(12-2-6-14(22)7-3-12)23-10-1-11-24(23)18(16)20(25)27/h2-9,16-18H,1,10-11H2/t16-,17+,18+/m0/s1. The van der Waals surface area contributed by atoms with Crippen LogP contribution in [0.15, 0.2) is 53.0 Å². The van der Waals surface area contributed by atoms with Crippen LogP contribution in [0.2, 0.25) is 5.02 Å². The Morgan fingerprint density at radius 2 is 1.48 bits per heavy atom. The van der Waals surface area contributed by atoms with Gasteiger partial charge < -0.3 is 0 Å². The molecule has 0 spiro atoms. The highest BCUT2D eigenvalue weighted by atomic mass is 79.9. The zero-order chi connectivity index (χ0) is 18.7. The molecule has 3 heterocycles. The second-order valence-corrected chi connectivity index (χ2v) is 8.49. The van der Waals surface area contributed by atoms with Crippen LogP contribution in [-0.2, 0) is 9.59 Å². The van der Waals surface area contributed by atoms with Crippen molar-refractivity contribution in [3.05, 3.63) is 63.6 Å². The molecule has 3 saturated heterocycles. The summed E-state index contributed by atoms with van der Waals surface area (Å²) in [5, 5.41) is 4.97. The van der Waals surface area contributed by atoms with E-state index in [2.05, 4.69) is 25.9 Å². The van der Waals surface area contributed by atoms with E-state index in [9.17, 15) is 9.59 Å². The SMILES string of the molecule is O=C1[C@H]2[C@@H](c3ccc(Cl)cc3)N3CCCN3[C@H]2C(=O)N1c1ccc(Br)cc1. The maximum atomic E-state index is 13.4. The van der Waals surface area contributed by atoms with Gasteiger partial charge in [0.2, 0.25) is 5.91 Å². The van der Waals surface area contributed by atoms with Gasteiger partial charge in [-0.2, -0.15) is 0 Å². The van der Waals surface area contributed by atoms with Gasteiger partial charge in [0, 0.05) is 22.6 Å². The van der Waals surface area contributed by atoms with E-state index in [0.29, 0.717) is 10.7 Å². The van der Waals surface area contributed by atoms with E-state index < -0.39 is 12.0 Å². The van der Waals surface area contributed by atoms with Crippen LogP contribution in [0.3, 0.4) is 0 Å². The number of hydrazine groups is 1. The van der Waals surface area contributed by atoms with Gasteiger partial charge in [0.15, 0.2) is 0 Å². The third-order valence-electron chi connectivity index (χ3n) is 5.70. The fourth-order valence-corrected chi connectivity index (χ4v) is 5.01. The average Bonchev–Trinajstić information content (AvgIpc) is 3.30. The lowest BCUT2D eigenvalue weighted by molar-refractivity contribution is -0.126. The monoisotopic (exact) mass is 445 g/mol. The van der Waals surface area contributed by atoms with Gasteiger partial charge in [-0.25, -0.2) is 14.9 Å². The van der Waals surface area contributed by atoms with Crippen LogP contribution >= 0.6 is 27.5 Å². The molecule has 3 aliphatic rings. The summed E-state index contributed by atoms with van der Waals surface area (Å²) >= 11 is 9.45. The van der Waals surface area contributed by atoms with Crippen molar-refractivity contribution in [2.24, 2.45) is 5.92 Å². The Bertz CT molecular complexity index is 918. The molecule has 5 nitrogen and oxygen atoms in total. The molecule has 3 aliphatic heterocycles. The molecule has 0 bridgehead atoms. The van der Waals surface area contributed by atoms with Gasteiger partial charge in [-0.1, -0.05) is 39.7 Å². The minimum atomic E-state index is -0.427. The largest absolute Gasteiger partial charge is 0.274 e. The summed E-state index contributed by atoms with van der Waals surface area (Å²) in [6.45, 7) is 1.66. The first-order chi connectivity index (χ1) is 13.1. The molecular weight excluding hydrogens is 430 g/mol. The summed E-state index contributed by atoms with van der Waals surface area (Å²) in [5.41, 5.74) is 1.65. The number of halogens is 2. The lowest BCUT2D eigenvalue weighted by Crippen LogP contribution is -2.44. The highest BCUT2D eigenvalue weighted by molar-refractivity contribution is 9.10. The molecule has 2 aromatic carbocycles. The number of carbonyl (C=O) groups is 2. The van der Waals surface area contributed by atoms with E-state index in [1.165, 1.54) is 4.90 Å². The molecule has 3 atom stereocenters. The molecule has 0 unspecified atom stereocenters. The first-order valence-corrected chi connectivity index (χ1v) is 10.2. The molecule has 7 heteroatoms. The minimum absolute atomic E-state index is 0.123. The number of fused-ring (bicyclic) bond motifs is 3. The quantitative estimate of drug-likeness (QED) is 0.661. The summed E-state index contributed by atoms with van der Waals surface area (Å²) < 4.78 is 0.912. The van der Waals surface area contributed by atoms with Crippen LogP contribution in [0.25, 0.3) is 0 Å². The van der Waals surface area contributed by atoms with Gasteiger partial charge in [0.1, 0.15) is 6.04 Å². The van der Waals surface area contributed by atoms with E-state index in [1.54, 1.807) is 12.1 Å². The molecular formula is C20H17BrClN3O2. The molecule has 27 heavy (non-hydrogen) atoms. The van der Waals surface area contributed by atoms with Crippen molar-refractivity contribution in [3.63, 3.8) is 0 Å². The molecule has 0 N–H and O–H groups in total. The van der Waals surface area contributed by atoms with Crippen molar-refractivity contribution in [1.82, 2.24) is 10.0 Å². The van der Waals surface area contributed by atoms with E-state index in [1.807, 2.05) is 36.4 Å². The molecule has 3 fully saturated rings. The number of amides is 2. The highest BCUT2D eigenvalue weighted by Crippen LogP contribution is 2.49. The van der Waals surface area contributed by atoms with Crippen LogP contribution in [0.4, 0.5) is 5.69 Å². The van der Waals surface area contributed by atoms with Crippen LogP contribution < -0.4 is 4.90 Å². The Labute approximate surface area is 170 Å². The number of benzene rings is 2. The van der Waals surface area contributed by atoms with Crippen LogP contribution in [0, 0.1) is 5.92 Å². The molecule has 138 valence electrons. The van der Waals surface area contributed by atoms with Crippen LogP contribution in [-0.4, -0.2) is 41.0 Å². The topological polar surface area (TPSA) is 43.9 Å². The zero-order valence-electron chi connectivity index (χ0n) is 14.4. The second-order valence-electron chi connectivity index (χ2n) is 7.14. The fraction of sp³-hybridized carbons (Fsp3) is 0.300. The number of imide groups is 1. The Hall–Kier alpha value is -1.73. The summed E-state index contributed by atoms with van der Waals surface area (Å²) in [5.74, 6) is -0.653. The maximum absolute atomic E-state index is 13.4. The molecule has 0 saturated carbocycles. The predicted molar refractivity (Wildman–Crippen MR) is 106 cm³/mol. The van der Waals surface area contributed by atoms with Gasteiger partial charge in [-0.15, -0.1) is 0 Å². The molecule has 0 aliphatic carbocycles.